The molecule has 7 nitrogen and oxygen atoms in total. The maximum absolute atomic E-state index is 12.5. The predicted molar refractivity (Wildman–Crippen MR) is 91.7 cm³/mol. The molecule has 4 heterocycles. The number of nitrogens with zero attached hydrogens (tertiary/aromatic N) is 5. The number of piperidine rings is 1. The summed E-state index contributed by atoms with van der Waals surface area (Å²) in [5.74, 6) is 0.102. The van der Waals surface area contributed by atoms with Crippen LogP contribution in [-0.2, 0) is 19.7 Å². The zero-order valence-electron chi connectivity index (χ0n) is 14.2. The van der Waals surface area contributed by atoms with Crippen molar-refractivity contribution in [2.24, 2.45) is 0 Å². The van der Waals surface area contributed by atoms with E-state index in [4.69, 9.17) is 0 Å². The molecule has 0 atom stereocenters. The Bertz CT molecular complexity index is 737. The lowest BCUT2D eigenvalue weighted by Gasteiger charge is -2.40. The van der Waals surface area contributed by atoms with Gasteiger partial charge in [0.1, 0.15) is 0 Å². The summed E-state index contributed by atoms with van der Waals surface area (Å²) < 4.78 is 2.00. The predicted octanol–water partition coefficient (Wildman–Crippen LogP) is 0.891. The van der Waals surface area contributed by atoms with Crippen LogP contribution in [0.1, 0.15) is 34.6 Å². The second kappa shape index (κ2) is 6.93. The average molecular weight is 341 g/mol. The zero-order valence-corrected chi connectivity index (χ0v) is 14.2. The standard InChI is InChI=1S/C18H23N5O2/c24-13-15-11-17-12-22(9-10-23(17)20-15)16-3-7-21(8-4-16)18(25)14-1-5-19-6-2-14/h1-2,5-6,11,16,24H,3-4,7-10,12-13H2. The van der Waals surface area contributed by atoms with Gasteiger partial charge in [0.05, 0.1) is 24.5 Å². The normalized spacial score (nSPS) is 19.0. The highest BCUT2D eigenvalue weighted by Crippen LogP contribution is 2.23. The summed E-state index contributed by atoms with van der Waals surface area (Å²) in [7, 11) is 0. The summed E-state index contributed by atoms with van der Waals surface area (Å²) in [6.07, 6.45) is 5.32. The number of aliphatic hydroxyl groups excluding tert-OH is 1. The molecule has 0 saturated carbocycles. The van der Waals surface area contributed by atoms with Crippen molar-refractivity contribution in [3.63, 3.8) is 0 Å². The maximum atomic E-state index is 12.5. The molecule has 1 fully saturated rings. The van der Waals surface area contributed by atoms with E-state index in [1.54, 1.807) is 24.5 Å². The summed E-state index contributed by atoms with van der Waals surface area (Å²) >= 11 is 0. The number of aliphatic hydroxyl groups is 1. The molecule has 4 rings (SSSR count). The fourth-order valence-corrected chi connectivity index (χ4v) is 3.85. The zero-order chi connectivity index (χ0) is 17.2. The molecule has 7 heteroatoms. The van der Waals surface area contributed by atoms with Crippen LogP contribution in [-0.4, -0.2) is 61.3 Å². The minimum absolute atomic E-state index is 0.00446. The summed E-state index contributed by atoms with van der Waals surface area (Å²) in [6, 6.07) is 6.05. The second-order valence-corrected chi connectivity index (χ2v) is 6.74. The molecule has 1 amide bonds. The van der Waals surface area contributed by atoms with Crippen molar-refractivity contribution in [2.45, 2.75) is 38.6 Å². The van der Waals surface area contributed by atoms with Gasteiger partial charge in [-0.1, -0.05) is 0 Å². The van der Waals surface area contributed by atoms with E-state index in [1.807, 2.05) is 15.6 Å². The average Bonchev–Trinajstić information content (AvgIpc) is 3.10. The molecule has 1 saturated heterocycles. The van der Waals surface area contributed by atoms with E-state index in [0.717, 1.165) is 51.3 Å². The van der Waals surface area contributed by atoms with Crippen LogP contribution in [0.15, 0.2) is 30.6 Å². The van der Waals surface area contributed by atoms with E-state index in [0.29, 0.717) is 11.6 Å². The van der Waals surface area contributed by atoms with E-state index >= 15 is 0 Å². The fraction of sp³-hybridized carbons (Fsp3) is 0.500. The van der Waals surface area contributed by atoms with Crippen molar-refractivity contribution in [1.29, 1.82) is 0 Å². The molecular weight excluding hydrogens is 318 g/mol. The van der Waals surface area contributed by atoms with E-state index < -0.39 is 0 Å². The number of fused-ring (bicyclic) bond motifs is 1. The number of pyridine rings is 1. The van der Waals surface area contributed by atoms with Crippen LogP contribution in [0.3, 0.4) is 0 Å². The van der Waals surface area contributed by atoms with Crippen LogP contribution in [0.2, 0.25) is 0 Å². The Morgan fingerprint density at radius 2 is 1.92 bits per heavy atom. The van der Waals surface area contributed by atoms with Crippen LogP contribution >= 0.6 is 0 Å². The van der Waals surface area contributed by atoms with Crippen molar-refractivity contribution in [1.82, 2.24) is 24.6 Å². The number of carbonyl (C=O) groups excluding carboxylic acids is 1. The molecule has 2 aliphatic rings. The third-order valence-corrected chi connectivity index (χ3v) is 5.24. The summed E-state index contributed by atoms with van der Waals surface area (Å²) in [6.45, 7) is 4.30. The molecule has 25 heavy (non-hydrogen) atoms. The highest BCUT2D eigenvalue weighted by Gasteiger charge is 2.29. The van der Waals surface area contributed by atoms with Gasteiger partial charge in [-0.25, -0.2) is 0 Å². The van der Waals surface area contributed by atoms with Crippen molar-refractivity contribution >= 4 is 5.91 Å². The molecule has 0 spiro atoms. The number of hydrogen-bond donors (Lipinski definition) is 1. The molecule has 0 unspecified atom stereocenters. The highest BCUT2D eigenvalue weighted by atomic mass is 16.3. The second-order valence-electron chi connectivity index (χ2n) is 6.74. The van der Waals surface area contributed by atoms with Crippen molar-refractivity contribution < 1.29 is 9.90 Å². The minimum Gasteiger partial charge on any atom is -0.390 e. The Hall–Kier alpha value is -2.25. The van der Waals surface area contributed by atoms with Gasteiger partial charge in [0.25, 0.3) is 5.91 Å². The Kier molecular flexibility index (Phi) is 4.50. The van der Waals surface area contributed by atoms with Gasteiger partial charge in [-0.15, -0.1) is 0 Å². The van der Waals surface area contributed by atoms with E-state index in [9.17, 15) is 9.90 Å². The molecule has 1 N–H and O–H groups in total. The SMILES string of the molecule is O=C(c1ccncc1)N1CCC(N2CCn3nc(CO)cc3C2)CC1. The quantitative estimate of drug-likeness (QED) is 0.897. The molecule has 2 aromatic rings. The van der Waals surface area contributed by atoms with Crippen molar-refractivity contribution in [3.8, 4) is 0 Å². The number of likely N-dealkylation sites (tertiary alicyclic amines) is 1. The van der Waals surface area contributed by atoms with Crippen LogP contribution in [0.4, 0.5) is 0 Å². The topological polar surface area (TPSA) is 74.5 Å². The summed E-state index contributed by atoms with van der Waals surface area (Å²) in [5, 5.41) is 13.6. The molecule has 0 aromatic carbocycles. The van der Waals surface area contributed by atoms with Crippen LogP contribution < -0.4 is 0 Å². The molecular formula is C18H23N5O2. The van der Waals surface area contributed by atoms with Gasteiger partial charge in [0.15, 0.2) is 0 Å². The maximum Gasteiger partial charge on any atom is 0.253 e. The van der Waals surface area contributed by atoms with Gasteiger partial charge < -0.3 is 10.0 Å². The number of hydrogen-bond acceptors (Lipinski definition) is 5. The van der Waals surface area contributed by atoms with E-state index in [1.165, 1.54) is 5.69 Å². The molecule has 2 aromatic heterocycles. The molecule has 0 bridgehead atoms. The smallest absolute Gasteiger partial charge is 0.253 e. The van der Waals surface area contributed by atoms with Gasteiger partial charge in [-0.2, -0.15) is 5.10 Å². The van der Waals surface area contributed by atoms with Gasteiger partial charge in [0, 0.05) is 50.2 Å². The largest absolute Gasteiger partial charge is 0.390 e. The molecule has 2 aliphatic heterocycles. The fourth-order valence-electron chi connectivity index (χ4n) is 3.85. The van der Waals surface area contributed by atoms with Gasteiger partial charge in [0.2, 0.25) is 0 Å². The van der Waals surface area contributed by atoms with Gasteiger partial charge in [-0.3, -0.25) is 19.4 Å². The number of amides is 1. The first-order valence-corrected chi connectivity index (χ1v) is 8.84. The van der Waals surface area contributed by atoms with Crippen LogP contribution in [0.5, 0.6) is 0 Å². The first-order chi connectivity index (χ1) is 12.2. The molecule has 132 valence electrons. The van der Waals surface area contributed by atoms with E-state index in [-0.39, 0.29) is 12.5 Å². The lowest BCUT2D eigenvalue weighted by Crippen LogP contribution is -2.48. The van der Waals surface area contributed by atoms with Crippen LogP contribution in [0.25, 0.3) is 0 Å². The Morgan fingerprint density at radius 3 is 2.64 bits per heavy atom. The first-order valence-electron chi connectivity index (χ1n) is 8.84. The van der Waals surface area contributed by atoms with Crippen LogP contribution in [0, 0.1) is 0 Å². The number of aromatic nitrogens is 3. The summed E-state index contributed by atoms with van der Waals surface area (Å²) in [4.78, 5) is 20.9. The van der Waals surface area contributed by atoms with Gasteiger partial charge in [-0.05, 0) is 31.0 Å². The molecule has 0 radical (unpaired) electrons. The lowest BCUT2D eigenvalue weighted by molar-refractivity contribution is 0.0569. The third-order valence-electron chi connectivity index (χ3n) is 5.24. The monoisotopic (exact) mass is 341 g/mol. The van der Waals surface area contributed by atoms with Crippen molar-refractivity contribution in [2.75, 3.05) is 19.6 Å². The van der Waals surface area contributed by atoms with E-state index in [2.05, 4.69) is 15.0 Å². The molecule has 0 aliphatic carbocycles. The number of rotatable bonds is 3. The Labute approximate surface area is 146 Å². The summed E-state index contributed by atoms with van der Waals surface area (Å²) in [5.41, 5.74) is 2.63. The first kappa shape index (κ1) is 16.2. The lowest BCUT2D eigenvalue weighted by atomic mass is 10.0. The van der Waals surface area contributed by atoms with Gasteiger partial charge >= 0.3 is 0 Å². The third kappa shape index (κ3) is 3.29. The van der Waals surface area contributed by atoms with Crippen molar-refractivity contribution in [3.05, 3.63) is 47.5 Å². The Balaban J connectivity index is 1.35. The number of carbonyl (C=O) groups is 1. The Morgan fingerprint density at radius 1 is 1.16 bits per heavy atom. The minimum atomic E-state index is -0.00446. The highest BCUT2D eigenvalue weighted by molar-refractivity contribution is 5.94.